The molecule has 0 saturated heterocycles. The Kier molecular flexibility index (Phi) is 7.36. The molecule has 186 valence electrons. The Morgan fingerprint density at radius 3 is 2.23 bits per heavy atom. The van der Waals surface area contributed by atoms with Crippen molar-refractivity contribution in [1.29, 1.82) is 0 Å². The van der Waals surface area contributed by atoms with Gasteiger partial charge in [0.05, 0.1) is 20.1 Å². The Balaban J connectivity index is 1.99. The van der Waals surface area contributed by atoms with Gasteiger partial charge < -0.3 is 14.2 Å². The first-order chi connectivity index (χ1) is 16.2. The largest absolute Gasteiger partial charge is 0.487 e. The van der Waals surface area contributed by atoms with E-state index in [2.05, 4.69) is 25.7 Å². The van der Waals surface area contributed by atoms with E-state index in [1.807, 2.05) is 65.0 Å². The summed E-state index contributed by atoms with van der Waals surface area (Å²) in [6, 6.07) is 11.3. The van der Waals surface area contributed by atoms with E-state index in [-0.39, 0.29) is 23.2 Å². The number of carbonyl (C=O) groups excluding carboxylic acids is 2. The molecule has 0 saturated carbocycles. The topological polar surface area (TPSA) is 61.8 Å². The van der Waals surface area contributed by atoms with Gasteiger partial charge in [0.25, 0.3) is 0 Å². The molecule has 5 heteroatoms. The summed E-state index contributed by atoms with van der Waals surface area (Å²) in [5.41, 5.74) is 3.00. The van der Waals surface area contributed by atoms with Gasteiger partial charge in [0.2, 0.25) is 0 Å². The van der Waals surface area contributed by atoms with Crippen LogP contribution in [-0.4, -0.2) is 31.3 Å². The maximum absolute atomic E-state index is 13.2. The maximum Gasteiger partial charge on any atom is 0.341 e. The molecule has 0 N–H and O–H groups in total. The van der Waals surface area contributed by atoms with Gasteiger partial charge in [0.1, 0.15) is 16.9 Å². The number of ether oxygens (including phenoxy) is 3. The fourth-order valence-corrected chi connectivity index (χ4v) is 4.39. The lowest BCUT2D eigenvalue weighted by Gasteiger charge is -2.43. The fraction of sp³-hybridized carbons (Fsp3) is 0.467. The van der Waals surface area contributed by atoms with Crippen molar-refractivity contribution < 1.29 is 23.8 Å². The summed E-state index contributed by atoms with van der Waals surface area (Å²) in [5.74, 6) is 6.28. The third-order valence-electron chi connectivity index (χ3n) is 5.80. The highest BCUT2D eigenvalue weighted by Gasteiger charge is 2.41. The molecule has 0 radical (unpaired) electrons. The predicted octanol–water partition coefficient (Wildman–Crippen LogP) is 5.84. The SMILES string of the molecule is COC(=O)Cc1ccc(C#Cc2cc(C(=O)OCC(C)(C)C)c3c(c2)C(C)(C)CC(C)(C)O3)cc1. The molecule has 0 fully saturated rings. The number of hydrogen-bond acceptors (Lipinski definition) is 5. The molecule has 1 heterocycles. The Hall–Kier alpha value is -3.26. The second kappa shape index (κ2) is 9.77. The summed E-state index contributed by atoms with van der Waals surface area (Å²) in [6.07, 6.45) is 1.03. The van der Waals surface area contributed by atoms with Crippen LogP contribution in [0.3, 0.4) is 0 Å². The van der Waals surface area contributed by atoms with Crippen LogP contribution in [0.5, 0.6) is 5.75 Å². The van der Waals surface area contributed by atoms with Crippen molar-refractivity contribution in [2.75, 3.05) is 13.7 Å². The third kappa shape index (κ3) is 6.88. The number of hydrogen-bond donors (Lipinski definition) is 0. The Morgan fingerprint density at radius 2 is 1.63 bits per heavy atom. The van der Waals surface area contributed by atoms with Gasteiger partial charge in [-0.15, -0.1) is 0 Å². The van der Waals surface area contributed by atoms with E-state index >= 15 is 0 Å². The molecule has 0 amide bonds. The highest BCUT2D eigenvalue weighted by molar-refractivity contribution is 5.94. The van der Waals surface area contributed by atoms with E-state index in [0.29, 0.717) is 17.9 Å². The van der Waals surface area contributed by atoms with E-state index in [1.54, 1.807) is 6.07 Å². The van der Waals surface area contributed by atoms with Crippen LogP contribution < -0.4 is 4.74 Å². The Morgan fingerprint density at radius 1 is 1.00 bits per heavy atom. The van der Waals surface area contributed by atoms with E-state index < -0.39 is 11.6 Å². The van der Waals surface area contributed by atoms with Crippen LogP contribution in [0.25, 0.3) is 0 Å². The van der Waals surface area contributed by atoms with E-state index in [0.717, 1.165) is 28.7 Å². The molecule has 3 rings (SSSR count). The number of esters is 2. The summed E-state index contributed by atoms with van der Waals surface area (Å²) in [6.45, 7) is 14.8. The monoisotopic (exact) mass is 476 g/mol. The van der Waals surface area contributed by atoms with Crippen molar-refractivity contribution in [2.45, 2.75) is 72.3 Å². The van der Waals surface area contributed by atoms with E-state index in [4.69, 9.17) is 14.2 Å². The van der Waals surface area contributed by atoms with Crippen molar-refractivity contribution in [2.24, 2.45) is 5.41 Å². The van der Waals surface area contributed by atoms with E-state index in [9.17, 15) is 9.59 Å². The lowest BCUT2D eigenvalue weighted by Crippen LogP contribution is -2.42. The predicted molar refractivity (Wildman–Crippen MR) is 137 cm³/mol. The zero-order valence-electron chi connectivity index (χ0n) is 22.1. The lowest BCUT2D eigenvalue weighted by molar-refractivity contribution is -0.139. The standard InChI is InChI=1S/C30H36O5/c1-28(2,3)19-34-27(32)23-15-22(16-24-26(23)35-30(6,7)18-29(24,4)5)14-11-20-9-12-21(13-10-20)17-25(31)33-8/h9-10,12-13,15-16H,17-19H2,1-8H3. The average Bonchev–Trinajstić information content (AvgIpc) is 2.75. The molecular formula is C30H36O5. The zero-order chi connectivity index (χ0) is 26.0. The van der Waals surface area contributed by atoms with Crippen LogP contribution in [-0.2, 0) is 26.1 Å². The molecule has 0 spiro atoms. The summed E-state index contributed by atoms with van der Waals surface area (Å²) >= 11 is 0. The molecule has 0 aliphatic carbocycles. The van der Waals surface area contributed by atoms with Gasteiger partial charge in [-0.3, -0.25) is 4.79 Å². The quantitative estimate of drug-likeness (QED) is 0.410. The van der Waals surface area contributed by atoms with Gasteiger partial charge in [-0.05, 0) is 60.9 Å². The summed E-state index contributed by atoms with van der Waals surface area (Å²) in [4.78, 5) is 24.7. The summed E-state index contributed by atoms with van der Waals surface area (Å²) < 4.78 is 16.7. The number of methoxy groups -OCH3 is 1. The van der Waals surface area contributed by atoms with Crippen LogP contribution in [0.1, 0.15) is 87.5 Å². The first-order valence-electron chi connectivity index (χ1n) is 11.9. The van der Waals surface area contributed by atoms with Crippen molar-refractivity contribution >= 4 is 11.9 Å². The number of benzene rings is 2. The molecule has 0 atom stereocenters. The molecule has 0 bridgehead atoms. The first-order valence-corrected chi connectivity index (χ1v) is 11.9. The molecule has 0 unspecified atom stereocenters. The molecule has 35 heavy (non-hydrogen) atoms. The van der Waals surface area contributed by atoms with Crippen molar-refractivity contribution in [1.82, 2.24) is 0 Å². The minimum Gasteiger partial charge on any atom is -0.487 e. The molecule has 5 nitrogen and oxygen atoms in total. The van der Waals surface area contributed by atoms with Gasteiger partial charge in [0, 0.05) is 16.7 Å². The maximum atomic E-state index is 13.2. The molecular weight excluding hydrogens is 440 g/mol. The van der Waals surface area contributed by atoms with Crippen LogP contribution in [0, 0.1) is 17.3 Å². The highest BCUT2D eigenvalue weighted by Crippen LogP contribution is 2.47. The van der Waals surface area contributed by atoms with Gasteiger partial charge in [-0.2, -0.15) is 0 Å². The van der Waals surface area contributed by atoms with Gasteiger partial charge in [-0.1, -0.05) is 58.6 Å². The second-order valence-electron chi connectivity index (χ2n) is 11.7. The molecule has 2 aromatic carbocycles. The Bertz CT molecular complexity index is 1170. The van der Waals surface area contributed by atoms with Gasteiger partial charge in [0.15, 0.2) is 0 Å². The van der Waals surface area contributed by atoms with Crippen LogP contribution in [0.4, 0.5) is 0 Å². The zero-order valence-corrected chi connectivity index (χ0v) is 22.1. The second-order valence-corrected chi connectivity index (χ2v) is 11.7. The third-order valence-corrected chi connectivity index (χ3v) is 5.80. The minimum atomic E-state index is -0.408. The molecule has 0 aromatic heterocycles. The lowest BCUT2D eigenvalue weighted by atomic mass is 9.72. The van der Waals surface area contributed by atoms with Crippen LogP contribution >= 0.6 is 0 Å². The molecule has 1 aliphatic rings. The van der Waals surface area contributed by atoms with E-state index in [1.165, 1.54) is 7.11 Å². The van der Waals surface area contributed by atoms with Crippen molar-refractivity contribution in [3.63, 3.8) is 0 Å². The summed E-state index contributed by atoms with van der Waals surface area (Å²) in [7, 11) is 1.38. The van der Waals surface area contributed by atoms with Crippen molar-refractivity contribution in [3.05, 3.63) is 64.2 Å². The van der Waals surface area contributed by atoms with Crippen molar-refractivity contribution in [3.8, 4) is 17.6 Å². The van der Waals surface area contributed by atoms with Crippen LogP contribution in [0.2, 0.25) is 0 Å². The normalized spacial score (nSPS) is 15.7. The average molecular weight is 477 g/mol. The molecule has 2 aromatic rings. The van der Waals surface area contributed by atoms with Gasteiger partial charge in [-0.25, -0.2) is 4.79 Å². The first kappa shape index (κ1) is 26.3. The minimum absolute atomic E-state index is 0.146. The highest BCUT2D eigenvalue weighted by atomic mass is 16.5. The smallest absolute Gasteiger partial charge is 0.341 e. The fourth-order valence-electron chi connectivity index (χ4n) is 4.39. The number of carbonyl (C=O) groups is 2. The molecule has 1 aliphatic heterocycles. The van der Waals surface area contributed by atoms with Crippen LogP contribution in [0.15, 0.2) is 36.4 Å². The number of fused-ring (bicyclic) bond motifs is 1. The summed E-state index contributed by atoms with van der Waals surface area (Å²) in [5, 5.41) is 0. The van der Waals surface area contributed by atoms with Gasteiger partial charge >= 0.3 is 11.9 Å². The Labute approximate surface area is 209 Å². The number of rotatable bonds is 4.